The van der Waals surface area contributed by atoms with Crippen molar-refractivity contribution in [1.29, 1.82) is 0 Å². The summed E-state index contributed by atoms with van der Waals surface area (Å²) >= 11 is 0. The maximum absolute atomic E-state index is 12.3. The van der Waals surface area contributed by atoms with Crippen molar-refractivity contribution in [1.82, 2.24) is 4.98 Å². The molecule has 3 rings (SSSR count). The van der Waals surface area contributed by atoms with Crippen LogP contribution in [0.4, 0.5) is 0 Å². The van der Waals surface area contributed by atoms with E-state index in [4.69, 9.17) is 9.47 Å². The van der Waals surface area contributed by atoms with Crippen molar-refractivity contribution in [2.75, 3.05) is 13.2 Å². The first-order valence-electron chi connectivity index (χ1n) is 6.16. The van der Waals surface area contributed by atoms with Crippen LogP contribution in [-0.2, 0) is 6.42 Å². The van der Waals surface area contributed by atoms with Gasteiger partial charge >= 0.3 is 0 Å². The molecule has 94 valence electrons. The number of H-pyrrole nitrogens is 1. The fraction of sp³-hybridized carbons (Fsp3) is 0.357. The van der Waals surface area contributed by atoms with E-state index in [1.807, 2.05) is 19.9 Å². The monoisotopic (exact) mass is 245 g/mol. The summed E-state index contributed by atoms with van der Waals surface area (Å²) in [6.45, 7) is 5.00. The number of pyridine rings is 1. The molecule has 1 N–H and O–H groups in total. The third-order valence-electron chi connectivity index (χ3n) is 3.33. The molecule has 2 aromatic rings. The average Bonchev–Trinajstić information content (AvgIpc) is 2.37. The van der Waals surface area contributed by atoms with Gasteiger partial charge in [0.15, 0.2) is 16.9 Å². The van der Waals surface area contributed by atoms with Gasteiger partial charge in [-0.25, -0.2) is 0 Å². The van der Waals surface area contributed by atoms with Gasteiger partial charge in [0.25, 0.3) is 0 Å². The van der Waals surface area contributed by atoms with Crippen LogP contribution in [0, 0.1) is 6.92 Å². The Morgan fingerprint density at radius 1 is 1.22 bits per heavy atom. The van der Waals surface area contributed by atoms with E-state index in [9.17, 15) is 4.79 Å². The van der Waals surface area contributed by atoms with E-state index in [2.05, 4.69) is 4.98 Å². The number of rotatable bonds is 1. The second-order valence-electron chi connectivity index (χ2n) is 4.45. The van der Waals surface area contributed by atoms with Crippen molar-refractivity contribution < 1.29 is 9.47 Å². The number of aromatic amines is 1. The highest BCUT2D eigenvalue weighted by atomic mass is 16.6. The van der Waals surface area contributed by atoms with Crippen LogP contribution >= 0.6 is 0 Å². The molecule has 0 saturated carbocycles. The van der Waals surface area contributed by atoms with Gasteiger partial charge in [0, 0.05) is 22.7 Å². The summed E-state index contributed by atoms with van der Waals surface area (Å²) in [4.78, 5) is 15.6. The van der Waals surface area contributed by atoms with Crippen LogP contribution in [0.5, 0.6) is 11.5 Å². The Bertz CT molecular complexity index is 673. The standard InChI is InChI=1S/C14H15NO3/c1-3-9-8(2)15-11-7-13-12(17-4-5-18-13)6-10(11)14(9)16/h6-7H,3-5H2,1-2H3,(H,15,16). The van der Waals surface area contributed by atoms with Gasteiger partial charge in [0.2, 0.25) is 0 Å². The van der Waals surface area contributed by atoms with Crippen molar-refractivity contribution in [3.8, 4) is 11.5 Å². The Balaban J connectivity index is 2.34. The van der Waals surface area contributed by atoms with Gasteiger partial charge in [-0.15, -0.1) is 0 Å². The molecular formula is C14H15NO3. The van der Waals surface area contributed by atoms with Gasteiger partial charge in [-0.1, -0.05) is 6.92 Å². The normalized spacial score (nSPS) is 13.9. The lowest BCUT2D eigenvalue weighted by atomic mass is 10.1. The summed E-state index contributed by atoms with van der Waals surface area (Å²) in [5, 5.41) is 0.668. The molecule has 0 atom stereocenters. The third kappa shape index (κ3) is 1.56. The molecule has 0 unspecified atom stereocenters. The molecular weight excluding hydrogens is 230 g/mol. The lowest BCUT2D eigenvalue weighted by molar-refractivity contribution is 0.172. The number of aromatic nitrogens is 1. The number of ether oxygens (including phenoxy) is 2. The number of hydrogen-bond acceptors (Lipinski definition) is 3. The molecule has 0 spiro atoms. The van der Waals surface area contributed by atoms with Crippen molar-refractivity contribution in [2.24, 2.45) is 0 Å². The van der Waals surface area contributed by atoms with Crippen LogP contribution in [0.15, 0.2) is 16.9 Å². The molecule has 0 saturated heterocycles. The third-order valence-corrected chi connectivity index (χ3v) is 3.33. The van der Waals surface area contributed by atoms with E-state index in [0.29, 0.717) is 30.1 Å². The predicted molar refractivity (Wildman–Crippen MR) is 69.7 cm³/mol. The summed E-state index contributed by atoms with van der Waals surface area (Å²) in [5.74, 6) is 1.36. The van der Waals surface area contributed by atoms with Gasteiger partial charge in [0.05, 0.1) is 5.52 Å². The topological polar surface area (TPSA) is 51.3 Å². The van der Waals surface area contributed by atoms with Gasteiger partial charge in [0.1, 0.15) is 13.2 Å². The minimum atomic E-state index is 0.0840. The van der Waals surface area contributed by atoms with Gasteiger partial charge in [-0.2, -0.15) is 0 Å². The first-order valence-corrected chi connectivity index (χ1v) is 6.16. The Hall–Kier alpha value is -1.97. The SMILES string of the molecule is CCc1c(C)[nH]c2cc3c(cc2c1=O)OCCO3. The van der Waals surface area contributed by atoms with Gasteiger partial charge < -0.3 is 14.5 Å². The lowest BCUT2D eigenvalue weighted by Gasteiger charge is -2.19. The molecule has 0 bridgehead atoms. The predicted octanol–water partition coefficient (Wildman–Crippen LogP) is 2.17. The zero-order valence-electron chi connectivity index (χ0n) is 10.5. The molecule has 4 heteroatoms. The van der Waals surface area contributed by atoms with Crippen molar-refractivity contribution in [3.63, 3.8) is 0 Å². The minimum absolute atomic E-state index is 0.0840. The highest BCUT2D eigenvalue weighted by molar-refractivity contribution is 5.83. The highest BCUT2D eigenvalue weighted by Crippen LogP contribution is 2.33. The fourth-order valence-electron chi connectivity index (χ4n) is 2.42. The number of aryl methyl sites for hydroxylation is 1. The Morgan fingerprint density at radius 3 is 2.56 bits per heavy atom. The lowest BCUT2D eigenvalue weighted by Crippen LogP contribution is -2.17. The molecule has 1 aliphatic heterocycles. The molecule has 0 radical (unpaired) electrons. The number of hydrogen-bond donors (Lipinski definition) is 1. The van der Waals surface area contributed by atoms with Crippen LogP contribution in [0.1, 0.15) is 18.2 Å². The summed E-state index contributed by atoms with van der Waals surface area (Å²) in [5.41, 5.74) is 2.64. The summed E-state index contributed by atoms with van der Waals surface area (Å²) in [6.07, 6.45) is 0.728. The minimum Gasteiger partial charge on any atom is -0.486 e. The molecule has 18 heavy (non-hydrogen) atoms. The molecule has 0 amide bonds. The highest BCUT2D eigenvalue weighted by Gasteiger charge is 2.15. The Morgan fingerprint density at radius 2 is 1.89 bits per heavy atom. The molecule has 4 nitrogen and oxygen atoms in total. The second-order valence-corrected chi connectivity index (χ2v) is 4.45. The second kappa shape index (κ2) is 4.05. The van der Waals surface area contributed by atoms with Crippen LogP contribution < -0.4 is 14.9 Å². The van der Waals surface area contributed by atoms with Gasteiger partial charge in [-0.05, 0) is 19.4 Å². The molecule has 1 aromatic carbocycles. The van der Waals surface area contributed by atoms with E-state index >= 15 is 0 Å². The Labute approximate surface area is 105 Å². The summed E-state index contributed by atoms with van der Waals surface area (Å²) in [6, 6.07) is 3.62. The quantitative estimate of drug-likeness (QED) is 0.837. The van der Waals surface area contributed by atoms with E-state index in [1.165, 1.54) is 0 Å². The van der Waals surface area contributed by atoms with Crippen LogP contribution in [-0.4, -0.2) is 18.2 Å². The maximum Gasteiger partial charge on any atom is 0.192 e. The van der Waals surface area contributed by atoms with Crippen LogP contribution in [0.3, 0.4) is 0 Å². The van der Waals surface area contributed by atoms with E-state index in [0.717, 1.165) is 23.2 Å². The largest absolute Gasteiger partial charge is 0.486 e. The van der Waals surface area contributed by atoms with Crippen LogP contribution in [0.2, 0.25) is 0 Å². The van der Waals surface area contributed by atoms with E-state index in [1.54, 1.807) is 6.07 Å². The first-order chi connectivity index (χ1) is 8.70. The molecule has 0 fully saturated rings. The van der Waals surface area contributed by atoms with Crippen molar-refractivity contribution >= 4 is 10.9 Å². The molecule has 2 heterocycles. The zero-order valence-corrected chi connectivity index (χ0v) is 10.5. The van der Waals surface area contributed by atoms with Gasteiger partial charge in [-0.3, -0.25) is 4.79 Å². The van der Waals surface area contributed by atoms with E-state index in [-0.39, 0.29) is 5.43 Å². The number of fused-ring (bicyclic) bond motifs is 2. The van der Waals surface area contributed by atoms with Crippen molar-refractivity contribution in [3.05, 3.63) is 33.6 Å². The maximum atomic E-state index is 12.3. The fourth-order valence-corrected chi connectivity index (χ4v) is 2.42. The summed E-state index contributed by atoms with van der Waals surface area (Å²) in [7, 11) is 0. The first kappa shape index (κ1) is 11.1. The molecule has 0 aliphatic carbocycles. The molecule has 1 aliphatic rings. The Kier molecular flexibility index (Phi) is 2.51. The van der Waals surface area contributed by atoms with Crippen LogP contribution in [0.25, 0.3) is 10.9 Å². The smallest absolute Gasteiger partial charge is 0.192 e. The summed E-state index contributed by atoms with van der Waals surface area (Å²) < 4.78 is 11.0. The number of benzene rings is 1. The number of nitrogens with one attached hydrogen (secondary N) is 1. The zero-order chi connectivity index (χ0) is 12.7. The molecule has 1 aromatic heterocycles. The van der Waals surface area contributed by atoms with E-state index < -0.39 is 0 Å². The average molecular weight is 245 g/mol. The van der Waals surface area contributed by atoms with Crippen molar-refractivity contribution in [2.45, 2.75) is 20.3 Å².